The molecule has 0 spiro atoms. The van der Waals surface area contributed by atoms with E-state index in [4.69, 9.17) is 10.4 Å². The summed E-state index contributed by atoms with van der Waals surface area (Å²) in [6, 6.07) is 6.77. The van der Waals surface area contributed by atoms with Gasteiger partial charge in [-0.25, -0.2) is 0 Å². The Morgan fingerprint density at radius 1 is 1.48 bits per heavy atom. The minimum atomic E-state index is -0.940. The molecule has 0 fully saturated rings. The van der Waals surface area contributed by atoms with Gasteiger partial charge in [-0.2, -0.15) is 0 Å². The van der Waals surface area contributed by atoms with Gasteiger partial charge in [-0.1, -0.05) is 56.7 Å². The lowest BCUT2D eigenvalue weighted by molar-refractivity contribution is -0.121. The fraction of sp³-hybridized carbons (Fsp3) is 0.471. The molecule has 0 saturated heterocycles. The lowest BCUT2D eigenvalue weighted by Gasteiger charge is -2.20. The molecule has 1 aliphatic heterocycles. The number of carbonyl (C=O) groups excluding carboxylic acids is 1. The Bertz CT molecular complexity index is 610. The minimum Gasteiger partial charge on any atom is -0.423 e. The van der Waals surface area contributed by atoms with Gasteiger partial charge in [0.15, 0.2) is 0 Å². The van der Waals surface area contributed by atoms with E-state index in [0.29, 0.717) is 0 Å². The van der Waals surface area contributed by atoms with E-state index in [1.165, 1.54) is 0 Å². The number of nitrogens with two attached hydrogens (primary N) is 1. The topological polar surface area (TPSA) is 84.6 Å². The second-order valence-corrected chi connectivity index (χ2v) is 7.08. The molecule has 2 rings (SSSR count). The van der Waals surface area contributed by atoms with Crippen molar-refractivity contribution in [1.82, 2.24) is 5.32 Å². The Hall–Kier alpha value is -1.63. The molecule has 1 aliphatic rings. The maximum atomic E-state index is 12.2. The molecule has 4 N–H and O–H groups in total. The van der Waals surface area contributed by atoms with Crippen molar-refractivity contribution in [3.05, 3.63) is 41.5 Å². The number of hydrogen-bond acceptors (Lipinski definition) is 4. The number of rotatable bonds is 4. The van der Waals surface area contributed by atoms with Crippen molar-refractivity contribution in [3.8, 4) is 0 Å². The Kier molecular flexibility index (Phi) is 5.29. The molecule has 6 heteroatoms. The Morgan fingerprint density at radius 3 is 2.78 bits per heavy atom. The summed E-state index contributed by atoms with van der Waals surface area (Å²) in [6.45, 7) is 8.33. The van der Waals surface area contributed by atoms with Gasteiger partial charge in [-0.3, -0.25) is 4.79 Å². The van der Waals surface area contributed by atoms with Crippen molar-refractivity contribution in [3.63, 3.8) is 0 Å². The standard InChI is InChI=1S/C17H25BN2O3/c1-11(9-17(2,3)4)15(19)16(21)20-10-14-12-7-5-6-8-13(12)18(22)23-14/h5-9,14-15,22H,10,19H2,1-4H3,(H,20,21). The molecular weight excluding hydrogens is 291 g/mol. The van der Waals surface area contributed by atoms with Crippen molar-refractivity contribution in [2.75, 3.05) is 6.54 Å². The van der Waals surface area contributed by atoms with Crippen molar-refractivity contribution >= 4 is 18.5 Å². The minimum absolute atomic E-state index is 0.0282. The number of benzene rings is 1. The van der Waals surface area contributed by atoms with Crippen LogP contribution in [0.15, 0.2) is 35.9 Å². The molecule has 0 bridgehead atoms. The highest BCUT2D eigenvalue weighted by atomic mass is 16.5. The number of hydrogen-bond donors (Lipinski definition) is 3. The number of nitrogens with one attached hydrogen (secondary N) is 1. The summed E-state index contributed by atoms with van der Waals surface area (Å²) < 4.78 is 5.49. The van der Waals surface area contributed by atoms with Crippen LogP contribution in [0.1, 0.15) is 39.4 Å². The van der Waals surface area contributed by atoms with Crippen LogP contribution in [0.4, 0.5) is 0 Å². The molecule has 2 atom stereocenters. The van der Waals surface area contributed by atoms with Crippen molar-refractivity contribution in [2.45, 2.75) is 39.8 Å². The van der Waals surface area contributed by atoms with Gasteiger partial charge in [0.05, 0.1) is 6.10 Å². The van der Waals surface area contributed by atoms with Gasteiger partial charge >= 0.3 is 7.12 Å². The SMILES string of the molecule is CC(=CC(C)(C)C)C(N)C(=O)NCC1OB(O)c2ccccc21. The summed E-state index contributed by atoms with van der Waals surface area (Å²) in [7, 11) is -0.940. The number of carbonyl (C=O) groups is 1. The maximum absolute atomic E-state index is 12.2. The van der Waals surface area contributed by atoms with E-state index in [1.54, 1.807) is 0 Å². The normalized spacial score (nSPS) is 19.5. The third kappa shape index (κ3) is 4.44. The Morgan fingerprint density at radius 2 is 2.13 bits per heavy atom. The molecular formula is C17H25BN2O3. The zero-order valence-electron chi connectivity index (χ0n) is 14.2. The summed E-state index contributed by atoms with van der Waals surface area (Å²) in [5.41, 5.74) is 8.46. The first-order valence-corrected chi connectivity index (χ1v) is 7.84. The number of allylic oxidation sites excluding steroid dienone is 1. The van der Waals surface area contributed by atoms with Crippen LogP contribution in [-0.4, -0.2) is 30.6 Å². The Balaban J connectivity index is 1.97. The van der Waals surface area contributed by atoms with Crippen LogP contribution in [0, 0.1) is 5.41 Å². The lowest BCUT2D eigenvalue weighted by atomic mass is 9.79. The van der Waals surface area contributed by atoms with Crippen LogP contribution in [0.2, 0.25) is 0 Å². The third-order valence-corrected chi connectivity index (χ3v) is 3.80. The molecule has 0 radical (unpaired) electrons. The van der Waals surface area contributed by atoms with E-state index in [-0.39, 0.29) is 24.0 Å². The maximum Gasteiger partial charge on any atom is 0.492 e. The zero-order valence-corrected chi connectivity index (χ0v) is 14.2. The summed E-state index contributed by atoms with van der Waals surface area (Å²) in [5.74, 6) is -0.245. The van der Waals surface area contributed by atoms with Crippen LogP contribution in [0.3, 0.4) is 0 Å². The van der Waals surface area contributed by atoms with Gasteiger partial charge in [0.2, 0.25) is 5.91 Å². The molecule has 23 heavy (non-hydrogen) atoms. The molecule has 0 aromatic heterocycles. The summed E-state index contributed by atoms with van der Waals surface area (Å²) in [6.07, 6.45) is 1.65. The molecule has 1 aromatic rings. The zero-order chi connectivity index (χ0) is 17.2. The van der Waals surface area contributed by atoms with Crippen LogP contribution < -0.4 is 16.5 Å². The average Bonchev–Trinajstić information content (AvgIpc) is 2.79. The molecule has 2 unspecified atom stereocenters. The van der Waals surface area contributed by atoms with E-state index in [1.807, 2.05) is 37.3 Å². The predicted molar refractivity (Wildman–Crippen MR) is 92.1 cm³/mol. The third-order valence-electron chi connectivity index (χ3n) is 3.80. The summed E-state index contributed by atoms with van der Waals surface area (Å²) >= 11 is 0. The molecule has 124 valence electrons. The highest BCUT2D eigenvalue weighted by Gasteiger charge is 2.34. The summed E-state index contributed by atoms with van der Waals surface area (Å²) in [5, 5.41) is 12.7. The van der Waals surface area contributed by atoms with Crippen LogP contribution in [0.25, 0.3) is 0 Å². The van der Waals surface area contributed by atoms with E-state index >= 15 is 0 Å². The number of fused-ring (bicyclic) bond motifs is 1. The van der Waals surface area contributed by atoms with Gasteiger partial charge in [-0.05, 0) is 23.4 Å². The molecule has 0 aliphatic carbocycles. The van der Waals surface area contributed by atoms with Gasteiger partial charge in [0.25, 0.3) is 0 Å². The molecule has 0 saturated carbocycles. The first-order valence-electron chi connectivity index (χ1n) is 7.84. The van der Waals surface area contributed by atoms with Crippen molar-refractivity contribution in [2.24, 2.45) is 11.1 Å². The highest BCUT2D eigenvalue weighted by molar-refractivity contribution is 6.61. The fourth-order valence-corrected chi connectivity index (χ4v) is 2.77. The van der Waals surface area contributed by atoms with E-state index in [9.17, 15) is 9.82 Å². The van der Waals surface area contributed by atoms with Crippen molar-refractivity contribution < 1.29 is 14.5 Å². The van der Waals surface area contributed by atoms with Gasteiger partial charge < -0.3 is 20.7 Å². The van der Waals surface area contributed by atoms with Gasteiger partial charge in [0, 0.05) is 6.54 Å². The molecule has 1 aromatic carbocycles. The Labute approximate surface area is 138 Å². The van der Waals surface area contributed by atoms with Crippen LogP contribution >= 0.6 is 0 Å². The van der Waals surface area contributed by atoms with Gasteiger partial charge in [0.1, 0.15) is 6.04 Å². The highest BCUT2D eigenvalue weighted by Crippen LogP contribution is 2.22. The van der Waals surface area contributed by atoms with Crippen molar-refractivity contribution in [1.29, 1.82) is 0 Å². The molecule has 1 amide bonds. The average molecular weight is 316 g/mol. The molecule has 1 heterocycles. The molecule has 5 nitrogen and oxygen atoms in total. The monoisotopic (exact) mass is 316 g/mol. The first kappa shape index (κ1) is 17.7. The first-order chi connectivity index (χ1) is 10.7. The lowest BCUT2D eigenvalue weighted by Crippen LogP contribution is -2.43. The predicted octanol–water partition coefficient (Wildman–Crippen LogP) is 0.881. The smallest absolute Gasteiger partial charge is 0.423 e. The second-order valence-electron chi connectivity index (χ2n) is 7.08. The van der Waals surface area contributed by atoms with Crippen LogP contribution in [-0.2, 0) is 9.45 Å². The largest absolute Gasteiger partial charge is 0.492 e. The van der Waals surface area contributed by atoms with Gasteiger partial charge in [-0.15, -0.1) is 0 Å². The van der Waals surface area contributed by atoms with Crippen LogP contribution in [0.5, 0.6) is 0 Å². The van der Waals surface area contributed by atoms with E-state index < -0.39 is 13.2 Å². The van der Waals surface area contributed by atoms with E-state index in [0.717, 1.165) is 16.6 Å². The quantitative estimate of drug-likeness (QED) is 0.569. The second kappa shape index (κ2) is 6.87. The van der Waals surface area contributed by atoms with E-state index in [2.05, 4.69) is 26.1 Å². The summed E-state index contributed by atoms with van der Waals surface area (Å²) in [4.78, 5) is 12.2. The fourth-order valence-electron chi connectivity index (χ4n) is 2.77. The number of amides is 1.